The summed E-state index contributed by atoms with van der Waals surface area (Å²) >= 11 is 0. The number of nitrogens with one attached hydrogen (secondary N) is 1. The molecule has 1 aromatic rings. The number of aryl methyl sites for hydroxylation is 1. The van der Waals surface area contributed by atoms with Gasteiger partial charge in [-0.25, -0.2) is 4.39 Å². The molecule has 0 unspecified atom stereocenters. The standard InChI is InChI=1S/C14H17FN2O2/c15-12-5-2-1-4-11(12)6-7-14(19)17-9-3-8-16-13(18)10-17/h1-2,4-5H,3,6-10H2,(H,16,18). The monoisotopic (exact) mass is 264 g/mol. The van der Waals surface area contributed by atoms with Crippen LogP contribution in [0.25, 0.3) is 0 Å². The summed E-state index contributed by atoms with van der Waals surface area (Å²) in [5.41, 5.74) is 0.537. The van der Waals surface area contributed by atoms with E-state index in [9.17, 15) is 14.0 Å². The third-order valence-corrected chi connectivity index (χ3v) is 3.18. The van der Waals surface area contributed by atoms with Gasteiger partial charge in [0.1, 0.15) is 5.82 Å². The molecule has 1 fully saturated rings. The van der Waals surface area contributed by atoms with E-state index in [-0.39, 0.29) is 30.6 Å². The van der Waals surface area contributed by atoms with Crippen molar-refractivity contribution < 1.29 is 14.0 Å². The lowest BCUT2D eigenvalue weighted by atomic mass is 10.1. The molecule has 5 heteroatoms. The zero-order chi connectivity index (χ0) is 13.7. The number of carbonyl (C=O) groups is 2. The maximum Gasteiger partial charge on any atom is 0.239 e. The molecule has 2 amide bonds. The summed E-state index contributed by atoms with van der Waals surface area (Å²) in [6, 6.07) is 6.44. The van der Waals surface area contributed by atoms with E-state index in [1.165, 1.54) is 6.07 Å². The van der Waals surface area contributed by atoms with E-state index in [2.05, 4.69) is 5.32 Å². The molecule has 1 aromatic carbocycles. The smallest absolute Gasteiger partial charge is 0.239 e. The van der Waals surface area contributed by atoms with E-state index in [4.69, 9.17) is 0 Å². The van der Waals surface area contributed by atoms with Gasteiger partial charge in [0.05, 0.1) is 6.54 Å². The third-order valence-electron chi connectivity index (χ3n) is 3.18. The molecular formula is C14H17FN2O2. The fourth-order valence-electron chi connectivity index (χ4n) is 2.12. The largest absolute Gasteiger partial charge is 0.354 e. The van der Waals surface area contributed by atoms with Crippen LogP contribution < -0.4 is 5.32 Å². The molecule has 0 aromatic heterocycles. The maximum absolute atomic E-state index is 13.4. The molecule has 1 saturated heterocycles. The number of hydrogen-bond acceptors (Lipinski definition) is 2. The van der Waals surface area contributed by atoms with Gasteiger partial charge in [-0.05, 0) is 24.5 Å². The van der Waals surface area contributed by atoms with Crippen LogP contribution >= 0.6 is 0 Å². The molecule has 2 rings (SSSR count). The first-order valence-electron chi connectivity index (χ1n) is 6.44. The van der Waals surface area contributed by atoms with Crippen molar-refractivity contribution in [3.8, 4) is 0 Å². The zero-order valence-corrected chi connectivity index (χ0v) is 10.7. The predicted octanol–water partition coefficient (Wildman–Crippen LogP) is 1.11. The molecule has 1 aliphatic heterocycles. The second-order valence-electron chi connectivity index (χ2n) is 4.61. The summed E-state index contributed by atoms with van der Waals surface area (Å²) in [4.78, 5) is 24.9. The average Bonchev–Trinajstić information content (AvgIpc) is 2.62. The van der Waals surface area contributed by atoms with Crippen LogP contribution in [0.2, 0.25) is 0 Å². The molecule has 0 radical (unpaired) electrons. The Labute approximate surface area is 111 Å². The van der Waals surface area contributed by atoms with Crippen LogP contribution in [0, 0.1) is 5.82 Å². The minimum atomic E-state index is -0.288. The fraction of sp³-hybridized carbons (Fsp3) is 0.429. The number of carbonyl (C=O) groups excluding carboxylic acids is 2. The van der Waals surface area contributed by atoms with E-state index in [1.807, 2.05) is 0 Å². The highest BCUT2D eigenvalue weighted by atomic mass is 19.1. The van der Waals surface area contributed by atoms with Crippen molar-refractivity contribution in [1.82, 2.24) is 10.2 Å². The van der Waals surface area contributed by atoms with Crippen LogP contribution in [0.5, 0.6) is 0 Å². The minimum Gasteiger partial charge on any atom is -0.354 e. The highest BCUT2D eigenvalue weighted by Gasteiger charge is 2.19. The summed E-state index contributed by atoms with van der Waals surface area (Å²) in [7, 11) is 0. The van der Waals surface area contributed by atoms with Crippen molar-refractivity contribution >= 4 is 11.8 Å². The minimum absolute atomic E-state index is 0.0969. The summed E-state index contributed by atoms with van der Waals surface area (Å²) in [6.45, 7) is 1.29. The van der Waals surface area contributed by atoms with Gasteiger partial charge in [0.15, 0.2) is 0 Å². The van der Waals surface area contributed by atoms with E-state index in [0.29, 0.717) is 25.1 Å². The number of benzene rings is 1. The number of amides is 2. The van der Waals surface area contributed by atoms with Crippen molar-refractivity contribution in [2.24, 2.45) is 0 Å². The van der Waals surface area contributed by atoms with Crippen molar-refractivity contribution in [1.29, 1.82) is 0 Å². The van der Waals surface area contributed by atoms with E-state index < -0.39 is 0 Å². The molecule has 19 heavy (non-hydrogen) atoms. The first-order valence-corrected chi connectivity index (χ1v) is 6.44. The lowest BCUT2D eigenvalue weighted by Crippen LogP contribution is -2.37. The molecule has 0 saturated carbocycles. The van der Waals surface area contributed by atoms with Gasteiger partial charge in [-0.1, -0.05) is 18.2 Å². The Morgan fingerprint density at radius 3 is 2.95 bits per heavy atom. The maximum atomic E-state index is 13.4. The van der Waals surface area contributed by atoms with Crippen LogP contribution in [0.15, 0.2) is 24.3 Å². The first-order chi connectivity index (χ1) is 9.16. The summed E-state index contributed by atoms with van der Waals surface area (Å²) < 4.78 is 13.4. The SMILES string of the molecule is O=C1CN(C(=O)CCc2ccccc2F)CCCN1. The average molecular weight is 264 g/mol. The first kappa shape index (κ1) is 13.5. The Morgan fingerprint density at radius 1 is 1.37 bits per heavy atom. The van der Waals surface area contributed by atoms with Gasteiger partial charge in [-0.3, -0.25) is 9.59 Å². The highest BCUT2D eigenvalue weighted by molar-refractivity contribution is 5.85. The summed E-state index contributed by atoms with van der Waals surface area (Å²) in [5, 5.41) is 2.72. The summed E-state index contributed by atoms with van der Waals surface area (Å²) in [6.07, 6.45) is 1.36. The van der Waals surface area contributed by atoms with Gasteiger partial charge in [0.25, 0.3) is 0 Å². The molecule has 4 nitrogen and oxygen atoms in total. The van der Waals surface area contributed by atoms with Crippen LogP contribution in [-0.2, 0) is 16.0 Å². The van der Waals surface area contributed by atoms with Crippen LogP contribution in [0.1, 0.15) is 18.4 Å². The highest BCUT2D eigenvalue weighted by Crippen LogP contribution is 2.10. The molecule has 0 aliphatic carbocycles. The van der Waals surface area contributed by atoms with Gasteiger partial charge in [0.2, 0.25) is 11.8 Å². The fourth-order valence-corrected chi connectivity index (χ4v) is 2.12. The molecule has 0 atom stereocenters. The Hall–Kier alpha value is -1.91. The van der Waals surface area contributed by atoms with Gasteiger partial charge >= 0.3 is 0 Å². The molecule has 102 valence electrons. The second-order valence-corrected chi connectivity index (χ2v) is 4.61. The Morgan fingerprint density at radius 2 is 2.16 bits per heavy atom. The number of nitrogens with zero attached hydrogens (tertiary/aromatic N) is 1. The lowest BCUT2D eigenvalue weighted by Gasteiger charge is -2.18. The molecule has 1 N–H and O–H groups in total. The molecule has 0 bridgehead atoms. The summed E-state index contributed by atoms with van der Waals surface area (Å²) in [5.74, 6) is -0.513. The zero-order valence-electron chi connectivity index (χ0n) is 10.7. The van der Waals surface area contributed by atoms with Crippen molar-refractivity contribution in [3.63, 3.8) is 0 Å². The quantitative estimate of drug-likeness (QED) is 0.889. The van der Waals surface area contributed by atoms with E-state index >= 15 is 0 Å². The number of rotatable bonds is 3. The Balaban J connectivity index is 1.90. The van der Waals surface area contributed by atoms with Crippen LogP contribution in [-0.4, -0.2) is 36.3 Å². The predicted molar refractivity (Wildman–Crippen MR) is 68.9 cm³/mol. The van der Waals surface area contributed by atoms with Crippen LogP contribution in [0.4, 0.5) is 4.39 Å². The van der Waals surface area contributed by atoms with E-state index in [0.717, 1.165) is 6.42 Å². The molecule has 0 spiro atoms. The molecular weight excluding hydrogens is 247 g/mol. The number of halogens is 1. The Kier molecular flexibility index (Phi) is 4.49. The number of hydrogen-bond donors (Lipinski definition) is 1. The Bertz CT molecular complexity index is 476. The van der Waals surface area contributed by atoms with Gasteiger partial charge in [0, 0.05) is 19.5 Å². The van der Waals surface area contributed by atoms with Crippen molar-refractivity contribution in [2.45, 2.75) is 19.3 Å². The normalized spacial score (nSPS) is 15.8. The van der Waals surface area contributed by atoms with E-state index in [1.54, 1.807) is 23.1 Å². The molecule has 1 aliphatic rings. The van der Waals surface area contributed by atoms with Gasteiger partial charge in [-0.2, -0.15) is 0 Å². The van der Waals surface area contributed by atoms with Gasteiger partial charge < -0.3 is 10.2 Å². The van der Waals surface area contributed by atoms with Gasteiger partial charge in [-0.15, -0.1) is 0 Å². The molecule has 1 heterocycles. The van der Waals surface area contributed by atoms with Crippen molar-refractivity contribution in [3.05, 3.63) is 35.6 Å². The third kappa shape index (κ3) is 3.77. The van der Waals surface area contributed by atoms with Crippen LogP contribution in [0.3, 0.4) is 0 Å². The van der Waals surface area contributed by atoms with Crippen molar-refractivity contribution in [2.75, 3.05) is 19.6 Å². The topological polar surface area (TPSA) is 49.4 Å². The second kappa shape index (κ2) is 6.31. The lowest BCUT2D eigenvalue weighted by molar-refractivity contribution is -0.135.